The average Bonchev–Trinajstić information content (AvgIpc) is 2.16. The highest BCUT2D eigenvalue weighted by atomic mass is 16.5. The van der Waals surface area contributed by atoms with Crippen LogP contribution in [0.15, 0.2) is 0 Å². The van der Waals surface area contributed by atoms with Crippen LogP contribution in [0, 0.1) is 11.8 Å². The zero-order chi connectivity index (χ0) is 10.1. The summed E-state index contributed by atoms with van der Waals surface area (Å²) in [6.45, 7) is 7.79. The highest BCUT2D eigenvalue weighted by Crippen LogP contribution is 2.22. The molecule has 80 valence electrons. The molecule has 0 aromatic carbocycles. The van der Waals surface area contributed by atoms with Gasteiger partial charge in [0.25, 0.3) is 0 Å². The molecule has 0 rings (SSSR count). The lowest BCUT2D eigenvalue weighted by atomic mass is 9.88. The Morgan fingerprint density at radius 2 is 1.62 bits per heavy atom. The largest absolute Gasteiger partial charge is 0.384 e. The molecule has 0 aliphatic rings. The topological polar surface area (TPSA) is 9.23 Å². The average molecular weight is 186 g/mol. The summed E-state index contributed by atoms with van der Waals surface area (Å²) >= 11 is 0. The minimum Gasteiger partial charge on any atom is -0.384 e. The zero-order valence-corrected chi connectivity index (χ0v) is 9.81. The van der Waals surface area contributed by atoms with Gasteiger partial charge >= 0.3 is 0 Å². The molecule has 0 saturated carbocycles. The van der Waals surface area contributed by atoms with E-state index < -0.39 is 0 Å². The Hall–Kier alpha value is -0.0400. The minimum absolute atomic E-state index is 0.779. The van der Waals surface area contributed by atoms with Crippen LogP contribution >= 0.6 is 0 Å². The van der Waals surface area contributed by atoms with Gasteiger partial charge in [-0.15, -0.1) is 0 Å². The summed E-state index contributed by atoms with van der Waals surface area (Å²) in [5.41, 5.74) is 0. The van der Waals surface area contributed by atoms with Crippen LogP contribution in [0.5, 0.6) is 0 Å². The Labute approximate surface area is 83.9 Å². The van der Waals surface area contributed by atoms with Gasteiger partial charge in [-0.3, -0.25) is 0 Å². The lowest BCUT2D eigenvalue weighted by Crippen LogP contribution is -2.12. The van der Waals surface area contributed by atoms with Crippen molar-refractivity contribution in [1.82, 2.24) is 0 Å². The highest BCUT2D eigenvalue weighted by molar-refractivity contribution is 4.64. The van der Waals surface area contributed by atoms with Gasteiger partial charge in [-0.05, 0) is 18.3 Å². The van der Waals surface area contributed by atoms with Crippen LogP contribution in [-0.2, 0) is 4.74 Å². The molecule has 0 bridgehead atoms. The van der Waals surface area contributed by atoms with E-state index in [4.69, 9.17) is 4.74 Å². The molecule has 13 heavy (non-hydrogen) atoms. The maximum absolute atomic E-state index is 5.22. The zero-order valence-electron chi connectivity index (χ0n) is 9.81. The SMILES string of the molecule is CCCC(CC)CC(CC)COC. The van der Waals surface area contributed by atoms with Crippen molar-refractivity contribution in [3.8, 4) is 0 Å². The summed E-state index contributed by atoms with van der Waals surface area (Å²) in [6.07, 6.45) is 6.65. The molecule has 1 heteroatoms. The molecule has 2 atom stereocenters. The lowest BCUT2D eigenvalue weighted by molar-refractivity contribution is 0.133. The Morgan fingerprint density at radius 1 is 1.00 bits per heavy atom. The van der Waals surface area contributed by atoms with Crippen molar-refractivity contribution in [3.05, 3.63) is 0 Å². The smallest absolute Gasteiger partial charge is 0.0490 e. The van der Waals surface area contributed by atoms with E-state index >= 15 is 0 Å². The van der Waals surface area contributed by atoms with E-state index in [1.54, 1.807) is 0 Å². The molecule has 0 fully saturated rings. The van der Waals surface area contributed by atoms with Gasteiger partial charge in [-0.1, -0.05) is 46.5 Å². The standard InChI is InChI=1S/C12H26O/c1-5-8-11(6-2)9-12(7-3)10-13-4/h11-12H,5-10H2,1-4H3. The van der Waals surface area contributed by atoms with E-state index in [0.29, 0.717) is 0 Å². The van der Waals surface area contributed by atoms with E-state index in [-0.39, 0.29) is 0 Å². The van der Waals surface area contributed by atoms with Crippen molar-refractivity contribution in [3.63, 3.8) is 0 Å². The fraction of sp³-hybridized carbons (Fsp3) is 1.00. The van der Waals surface area contributed by atoms with Crippen LogP contribution in [0.3, 0.4) is 0 Å². The molecule has 0 radical (unpaired) electrons. The summed E-state index contributed by atoms with van der Waals surface area (Å²) in [5.74, 6) is 1.70. The Morgan fingerprint density at radius 3 is 2.00 bits per heavy atom. The third-order valence-electron chi connectivity index (χ3n) is 2.92. The van der Waals surface area contributed by atoms with Crippen molar-refractivity contribution in [2.24, 2.45) is 11.8 Å². The second-order valence-electron chi connectivity index (χ2n) is 4.03. The molecule has 0 saturated heterocycles. The van der Waals surface area contributed by atoms with Crippen molar-refractivity contribution >= 4 is 0 Å². The first kappa shape index (κ1) is 13.0. The van der Waals surface area contributed by atoms with E-state index in [0.717, 1.165) is 18.4 Å². The molecular weight excluding hydrogens is 160 g/mol. The summed E-state index contributed by atoms with van der Waals surface area (Å²) in [7, 11) is 1.81. The van der Waals surface area contributed by atoms with Crippen molar-refractivity contribution in [2.75, 3.05) is 13.7 Å². The van der Waals surface area contributed by atoms with Gasteiger partial charge in [0.15, 0.2) is 0 Å². The summed E-state index contributed by atoms with van der Waals surface area (Å²) in [6, 6.07) is 0. The first-order valence-electron chi connectivity index (χ1n) is 5.77. The second kappa shape index (κ2) is 8.55. The molecule has 0 amide bonds. The Kier molecular flexibility index (Phi) is 8.53. The van der Waals surface area contributed by atoms with Crippen LogP contribution in [0.1, 0.15) is 52.9 Å². The predicted octanol–water partition coefficient (Wildman–Crippen LogP) is 3.88. The van der Waals surface area contributed by atoms with Crippen LogP contribution in [-0.4, -0.2) is 13.7 Å². The maximum Gasteiger partial charge on any atom is 0.0490 e. The third kappa shape index (κ3) is 6.09. The normalized spacial score (nSPS) is 15.7. The molecule has 1 nitrogen and oxygen atoms in total. The molecule has 0 heterocycles. The number of hydrogen-bond acceptors (Lipinski definition) is 1. The Balaban J connectivity index is 3.73. The Bertz CT molecular complexity index is 89.3. The molecule has 0 aliphatic heterocycles. The molecule has 0 aromatic rings. The van der Waals surface area contributed by atoms with Gasteiger partial charge in [-0.25, -0.2) is 0 Å². The molecule has 2 unspecified atom stereocenters. The summed E-state index contributed by atoms with van der Waals surface area (Å²) in [5, 5.41) is 0. The van der Waals surface area contributed by atoms with Crippen molar-refractivity contribution < 1.29 is 4.74 Å². The monoisotopic (exact) mass is 186 g/mol. The van der Waals surface area contributed by atoms with Gasteiger partial charge in [0.1, 0.15) is 0 Å². The van der Waals surface area contributed by atoms with Crippen LogP contribution in [0.25, 0.3) is 0 Å². The molecule has 0 N–H and O–H groups in total. The molecule has 0 aliphatic carbocycles. The van der Waals surface area contributed by atoms with Crippen LogP contribution < -0.4 is 0 Å². The fourth-order valence-corrected chi connectivity index (χ4v) is 1.96. The predicted molar refractivity (Wildman–Crippen MR) is 59.0 cm³/mol. The first-order valence-corrected chi connectivity index (χ1v) is 5.77. The van der Waals surface area contributed by atoms with Crippen molar-refractivity contribution in [2.45, 2.75) is 52.9 Å². The summed E-state index contributed by atoms with van der Waals surface area (Å²) in [4.78, 5) is 0. The van der Waals surface area contributed by atoms with E-state index in [9.17, 15) is 0 Å². The fourth-order valence-electron chi connectivity index (χ4n) is 1.96. The minimum atomic E-state index is 0.779. The molecular formula is C12H26O. The maximum atomic E-state index is 5.22. The first-order chi connectivity index (χ1) is 6.28. The quantitative estimate of drug-likeness (QED) is 0.559. The van der Waals surface area contributed by atoms with E-state index in [2.05, 4.69) is 20.8 Å². The van der Waals surface area contributed by atoms with Gasteiger partial charge in [0.05, 0.1) is 0 Å². The van der Waals surface area contributed by atoms with Crippen molar-refractivity contribution in [1.29, 1.82) is 0 Å². The summed E-state index contributed by atoms with van der Waals surface area (Å²) < 4.78 is 5.22. The van der Waals surface area contributed by atoms with Gasteiger partial charge in [-0.2, -0.15) is 0 Å². The lowest BCUT2D eigenvalue weighted by Gasteiger charge is -2.20. The van der Waals surface area contributed by atoms with Crippen LogP contribution in [0.2, 0.25) is 0 Å². The number of hydrogen-bond donors (Lipinski definition) is 0. The van der Waals surface area contributed by atoms with Gasteiger partial charge in [0, 0.05) is 13.7 Å². The van der Waals surface area contributed by atoms with E-state index in [1.807, 2.05) is 7.11 Å². The highest BCUT2D eigenvalue weighted by Gasteiger charge is 2.12. The van der Waals surface area contributed by atoms with E-state index in [1.165, 1.54) is 32.1 Å². The molecule has 0 spiro atoms. The number of rotatable bonds is 8. The third-order valence-corrected chi connectivity index (χ3v) is 2.92. The van der Waals surface area contributed by atoms with Gasteiger partial charge in [0.2, 0.25) is 0 Å². The van der Waals surface area contributed by atoms with Crippen LogP contribution in [0.4, 0.5) is 0 Å². The number of methoxy groups -OCH3 is 1. The molecule has 0 aromatic heterocycles. The number of ether oxygens (including phenoxy) is 1. The van der Waals surface area contributed by atoms with Gasteiger partial charge < -0.3 is 4.74 Å². The second-order valence-corrected chi connectivity index (χ2v) is 4.03.